The quantitative estimate of drug-likeness (QED) is 0.320. The molecular formula is C17H15N7O7. The molecule has 0 bridgehead atoms. The smallest absolute Gasteiger partial charge is 0.465 e. The Balaban J connectivity index is 1.77. The maximum Gasteiger partial charge on any atom is 0.491 e. The minimum Gasteiger partial charge on any atom is -0.465 e. The monoisotopic (exact) mass is 429 g/mol. The van der Waals surface area contributed by atoms with Crippen molar-refractivity contribution in [1.82, 2.24) is 24.5 Å². The van der Waals surface area contributed by atoms with Crippen LogP contribution in [0.1, 0.15) is 31.2 Å². The van der Waals surface area contributed by atoms with Gasteiger partial charge in [0.1, 0.15) is 0 Å². The van der Waals surface area contributed by atoms with Gasteiger partial charge in [0.15, 0.2) is 12.4 Å². The van der Waals surface area contributed by atoms with E-state index in [9.17, 15) is 24.5 Å². The average molecular weight is 429 g/mol. The van der Waals surface area contributed by atoms with Crippen LogP contribution >= 0.6 is 0 Å². The van der Waals surface area contributed by atoms with Crippen molar-refractivity contribution in [3.8, 4) is 0 Å². The molecule has 160 valence electrons. The van der Waals surface area contributed by atoms with Crippen LogP contribution < -0.4 is 5.32 Å². The zero-order valence-electron chi connectivity index (χ0n) is 16.2. The van der Waals surface area contributed by atoms with Crippen molar-refractivity contribution in [2.45, 2.75) is 6.67 Å². The zero-order valence-corrected chi connectivity index (χ0v) is 16.2. The Morgan fingerprint density at radius 2 is 1.71 bits per heavy atom. The van der Waals surface area contributed by atoms with E-state index in [1.165, 1.54) is 54.0 Å². The lowest BCUT2D eigenvalue weighted by molar-refractivity contribution is -0.394. The van der Waals surface area contributed by atoms with Gasteiger partial charge in [-0.2, -0.15) is 9.78 Å². The predicted molar refractivity (Wildman–Crippen MR) is 101 cm³/mol. The van der Waals surface area contributed by atoms with E-state index in [4.69, 9.17) is 0 Å². The van der Waals surface area contributed by atoms with Crippen LogP contribution in [0, 0.1) is 10.1 Å². The largest absolute Gasteiger partial charge is 0.491 e. The summed E-state index contributed by atoms with van der Waals surface area (Å²) in [5.41, 5.74) is 0.241. The number of hydrogen-bond donors (Lipinski definition) is 1. The van der Waals surface area contributed by atoms with E-state index in [1.807, 2.05) is 0 Å². The predicted octanol–water partition coefficient (Wildman–Crippen LogP) is 0.714. The van der Waals surface area contributed by atoms with Crippen LogP contribution in [0.3, 0.4) is 0 Å². The van der Waals surface area contributed by atoms with Crippen molar-refractivity contribution in [1.29, 1.82) is 0 Å². The van der Waals surface area contributed by atoms with Gasteiger partial charge in [0, 0.05) is 17.0 Å². The molecule has 14 nitrogen and oxygen atoms in total. The van der Waals surface area contributed by atoms with Crippen LogP contribution in [0.5, 0.6) is 0 Å². The van der Waals surface area contributed by atoms with Crippen LogP contribution in [-0.4, -0.2) is 61.5 Å². The van der Waals surface area contributed by atoms with Crippen molar-refractivity contribution < 1.29 is 28.8 Å². The van der Waals surface area contributed by atoms with Crippen LogP contribution in [0.15, 0.2) is 36.8 Å². The molecule has 0 aliphatic rings. The Labute approximate surface area is 173 Å². The number of rotatable bonds is 7. The van der Waals surface area contributed by atoms with Crippen LogP contribution in [0.4, 0.5) is 11.6 Å². The number of carbonyl (C=O) groups excluding carboxylic acids is 3. The Morgan fingerprint density at radius 3 is 2.26 bits per heavy atom. The van der Waals surface area contributed by atoms with Crippen LogP contribution in [0.2, 0.25) is 0 Å². The summed E-state index contributed by atoms with van der Waals surface area (Å²) in [7, 11) is 2.36. The van der Waals surface area contributed by atoms with Gasteiger partial charge >= 0.3 is 17.9 Å². The third kappa shape index (κ3) is 4.87. The molecule has 0 saturated carbocycles. The molecule has 3 rings (SSSR count). The van der Waals surface area contributed by atoms with Gasteiger partial charge in [-0.3, -0.25) is 4.79 Å². The number of esters is 2. The van der Waals surface area contributed by atoms with E-state index in [0.29, 0.717) is 0 Å². The lowest BCUT2D eigenvalue weighted by Crippen LogP contribution is -2.16. The summed E-state index contributed by atoms with van der Waals surface area (Å²) >= 11 is 0. The van der Waals surface area contributed by atoms with E-state index in [2.05, 4.69) is 30.0 Å². The molecular weight excluding hydrogens is 414 g/mol. The van der Waals surface area contributed by atoms with Gasteiger partial charge in [-0.05, 0) is 29.2 Å². The Kier molecular flexibility index (Phi) is 6.00. The van der Waals surface area contributed by atoms with Gasteiger partial charge in [0.25, 0.3) is 5.91 Å². The van der Waals surface area contributed by atoms with Crippen LogP contribution in [-0.2, 0) is 16.1 Å². The molecule has 0 radical (unpaired) electrons. The number of methoxy groups -OCH3 is 2. The van der Waals surface area contributed by atoms with Crippen molar-refractivity contribution >= 4 is 29.5 Å². The van der Waals surface area contributed by atoms with E-state index in [0.717, 1.165) is 6.33 Å². The second-order valence-corrected chi connectivity index (χ2v) is 5.96. The van der Waals surface area contributed by atoms with Gasteiger partial charge in [0.2, 0.25) is 6.33 Å². The summed E-state index contributed by atoms with van der Waals surface area (Å²) in [5, 5.41) is 20.9. The Hall–Kier alpha value is -4.62. The molecule has 0 unspecified atom stereocenters. The summed E-state index contributed by atoms with van der Waals surface area (Å²) < 4.78 is 11.8. The lowest BCUT2D eigenvalue weighted by Gasteiger charge is -2.08. The first-order valence-electron chi connectivity index (χ1n) is 8.51. The first kappa shape index (κ1) is 21.1. The SMILES string of the molecule is COC(=O)c1cc(NC(=O)c2ccn(Cn3cnc([N+](=O)[O-])n3)n2)cc(C(=O)OC)c1. The number of ether oxygens (including phenoxy) is 2. The number of amides is 1. The van der Waals surface area contributed by atoms with Gasteiger partial charge < -0.3 is 24.9 Å². The fourth-order valence-electron chi connectivity index (χ4n) is 2.51. The molecule has 1 aromatic carbocycles. The molecule has 0 fully saturated rings. The molecule has 0 aliphatic carbocycles. The Bertz CT molecular complexity index is 1130. The topological polar surface area (TPSA) is 173 Å². The highest BCUT2D eigenvalue weighted by molar-refractivity contribution is 6.04. The number of nitrogens with zero attached hydrogens (tertiary/aromatic N) is 6. The molecule has 0 spiro atoms. The van der Waals surface area contributed by atoms with E-state index < -0.39 is 28.7 Å². The normalized spacial score (nSPS) is 10.4. The van der Waals surface area contributed by atoms with E-state index >= 15 is 0 Å². The number of aromatic nitrogens is 5. The number of hydrogen-bond acceptors (Lipinski definition) is 10. The number of anilines is 1. The highest BCUT2D eigenvalue weighted by atomic mass is 16.6. The first-order chi connectivity index (χ1) is 14.8. The van der Waals surface area contributed by atoms with Gasteiger partial charge in [-0.15, -0.1) is 0 Å². The molecule has 1 amide bonds. The zero-order chi connectivity index (χ0) is 22.5. The highest BCUT2D eigenvalue weighted by Gasteiger charge is 2.17. The van der Waals surface area contributed by atoms with Crippen molar-refractivity contribution in [2.24, 2.45) is 0 Å². The maximum atomic E-state index is 12.5. The Morgan fingerprint density at radius 1 is 1.06 bits per heavy atom. The van der Waals surface area contributed by atoms with Gasteiger partial charge in [0.05, 0.1) is 25.3 Å². The second-order valence-electron chi connectivity index (χ2n) is 5.96. The third-order valence-corrected chi connectivity index (χ3v) is 3.88. The number of nitro groups is 1. The molecule has 1 N–H and O–H groups in total. The summed E-state index contributed by atoms with van der Waals surface area (Å²) in [6, 6.07) is 5.36. The molecule has 2 aromatic heterocycles. The van der Waals surface area contributed by atoms with E-state index in [1.54, 1.807) is 0 Å². The summed E-state index contributed by atoms with van der Waals surface area (Å²) in [6.45, 7) is -0.0154. The molecule has 0 atom stereocenters. The number of nitrogens with one attached hydrogen (secondary N) is 1. The lowest BCUT2D eigenvalue weighted by atomic mass is 10.1. The molecule has 31 heavy (non-hydrogen) atoms. The van der Waals surface area contributed by atoms with Gasteiger partial charge in [-0.25, -0.2) is 14.3 Å². The van der Waals surface area contributed by atoms with Crippen molar-refractivity contribution in [2.75, 3.05) is 19.5 Å². The fourth-order valence-corrected chi connectivity index (χ4v) is 2.51. The van der Waals surface area contributed by atoms with Crippen molar-refractivity contribution in [3.05, 3.63) is 63.7 Å². The minimum absolute atomic E-state index is 0.0118. The summed E-state index contributed by atoms with van der Waals surface area (Å²) in [5.74, 6) is -2.59. The highest BCUT2D eigenvalue weighted by Crippen LogP contribution is 2.18. The standard InChI is InChI=1S/C17H15N7O7/c1-30-15(26)10-5-11(16(27)31-2)7-12(6-10)19-14(25)13-3-4-22(20-13)9-23-8-18-17(21-23)24(28)29/h3-8H,9H2,1-2H3,(H,19,25). The van der Waals surface area contributed by atoms with Crippen molar-refractivity contribution in [3.63, 3.8) is 0 Å². The average Bonchev–Trinajstić information content (AvgIpc) is 3.42. The first-order valence-corrected chi connectivity index (χ1v) is 8.51. The minimum atomic E-state index is -0.733. The van der Waals surface area contributed by atoms with E-state index in [-0.39, 0.29) is 29.2 Å². The second kappa shape index (κ2) is 8.81. The molecule has 3 aromatic rings. The summed E-state index contributed by atoms with van der Waals surface area (Å²) in [4.78, 5) is 49.7. The van der Waals surface area contributed by atoms with Crippen LogP contribution in [0.25, 0.3) is 0 Å². The molecule has 0 aliphatic heterocycles. The molecule has 0 saturated heterocycles. The maximum absolute atomic E-state index is 12.5. The third-order valence-electron chi connectivity index (χ3n) is 3.88. The number of benzene rings is 1. The molecule has 2 heterocycles. The number of carbonyl (C=O) groups is 3. The molecule has 14 heteroatoms. The van der Waals surface area contributed by atoms with Gasteiger partial charge in [-0.1, -0.05) is 4.98 Å². The fraction of sp³-hybridized carbons (Fsp3) is 0.176. The summed E-state index contributed by atoms with van der Waals surface area (Å²) in [6.07, 6.45) is 2.62.